The average molecular weight is 267 g/mol. The van der Waals surface area contributed by atoms with Crippen LogP contribution in [0.5, 0.6) is 0 Å². The molecule has 0 aromatic carbocycles. The van der Waals surface area contributed by atoms with E-state index < -0.39 is 21.9 Å². The molecule has 1 fully saturated rings. The quantitative estimate of drug-likeness (QED) is 0.615. The van der Waals surface area contributed by atoms with E-state index in [1.54, 1.807) is 0 Å². The normalized spacial score (nSPS) is 43.8. The third kappa shape index (κ3) is 3.61. The molecule has 1 saturated heterocycles. The molecule has 1 N–H and O–H groups in total. The molecular formula is C4H9ClO7P2. The van der Waals surface area contributed by atoms with Crippen LogP contribution >= 0.6 is 27.2 Å². The van der Waals surface area contributed by atoms with E-state index in [4.69, 9.17) is 16.5 Å². The second-order valence-electron chi connectivity index (χ2n) is 2.30. The van der Waals surface area contributed by atoms with Gasteiger partial charge in [-0.3, -0.25) is 13.6 Å². The summed E-state index contributed by atoms with van der Waals surface area (Å²) in [5.41, 5.74) is 0. The minimum Gasteiger partial charge on any atom is -0.302 e. The lowest BCUT2D eigenvalue weighted by atomic mass is 10.8. The monoisotopic (exact) mass is 266 g/mol. The molecule has 0 amide bonds. The van der Waals surface area contributed by atoms with Crippen LogP contribution in [0.3, 0.4) is 0 Å². The van der Waals surface area contributed by atoms with Gasteiger partial charge in [-0.25, -0.2) is 9.13 Å². The number of alkyl halides is 1. The lowest BCUT2D eigenvalue weighted by molar-refractivity contribution is -0.0520. The van der Waals surface area contributed by atoms with E-state index in [0.29, 0.717) is 0 Å². The Hall–Kier alpha value is 0.550. The third-order valence-electron chi connectivity index (χ3n) is 1.09. The molecule has 0 aromatic heterocycles. The van der Waals surface area contributed by atoms with Gasteiger partial charge in [0, 0.05) is 5.88 Å². The SMILES string of the molecule is CC1OP(=O)(O)OP(=O)(OCCCl)O1. The van der Waals surface area contributed by atoms with Crippen LogP contribution in [0.4, 0.5) is 0 Å². The van der Waals surface area contributed by atoms with Crippen molar-refractivity contribution in [3.05, 3.63) is 0 Å². The Kier molecular flexibility index (Phi) is 4.14. The Morgan fingerprint density at radius 1 is 1.50 bits per heavy atom. The highest BCUT2D eigenvalue weighted by molar-refractivity contribution is 7.62. The third-order valence-corrected chi connectivity index (χ3v) is 4.49. The summed E-state index contributed by atoms with van der Waals surface area (Å²) in [5, 5.41) is 0. The molecular weight excluding hydrogens is 257 g/mol. The van der Waals surface area contributed by atoms with Gasteiger partial charge in [0.2, 0.25) is 0 Å². The van der Waals surface area contributed by atoms with Crippen molar-refractivity contribution < 1.29 is 31.9 Å². The highest BCUT2D eigenvalue weighted by atomic mass is 35.5. The number of rotatable bonds is 3. The first-order valence-corrected chi connectivity index (χ1v) is 7.07. The summed E-state index contributed by atoms with van der Waals surface area (Å²) in [6, 6.07) is 0. The van der Waals surface area contributed by atoms with Gasteiger partial charge in [-0.2, -0.15) is 4.31 Å². The van der Waals surface area contributed by atoms with Gasteiger partial charge >= 0.3 is 15.6 Å². The van der Waals surface area contributed by atoms with E-state index in [2.05, 4.69) is 17.9 Å². The lowest BCUT2D eigenvalue weighted by Crippen LogP contribution is -2.18. The van der Waals surface area contributed by atoms with Crippen LogP contribution in [-0.2, 0) is 27.0 Å². The molecule has 3 atom stereocenters. The number of hydrogen-bond acceptors (Lipinski definition) is 6. The van der Waals surface area contributed by atoms with Crippen LogP contribution in [0.25, 0.3) is 0 Å². The molecule has 0 saturated carbocycles. The van der Waals surface area contributed by atoms with Crippen LogP contribution in [0.2, 0.25) is 0 Å². The summed E-state index contributed by atoms with van der Waals surface area (Å²) in [5.74, 6) is 0.0572. The molecule has 0 bridgehead atoms. The molecule has 7 nitrogen and oxygen atoms in total. The van der Waals surface area contributed by atoms with Crippen molar-refractivity contribution in [2.24, 2.45) is 0 Å². The minimum atomic E-state index is -4.36. The lowest BCUT2D eigenvalue weighted by Gasteiger charge is -2.28. The zero-order chi connectivity index (χ0) is 10.8. The van der Waals surface area contributed by atoms with Crippen molar-refractivity contribution in [3.8, 4) is 0 Å². The second-order valence-corrected chi connectivity index (χ2v) is 5.84. The molecule has 0 spiro atoms. The Balaban J connectivity index is 2.69. The summed E-state index contributed by atoms with van der Waals surface area (Å²) < 4.78 is 40.2. The van der Waals surface area contributed by atoms with Crippen molar-refractivity contribution in [1.82, 2.24) is 0 Å². The second kappa shape index (κ2) is 4.60. The van der Waals surface area contributed by atoms with E-state index in [1.165, 1.54) is 6.92 Å². The van der Waals surface area contributed by atoms with Crippen LogP contribution in [0.15, 0.2) is 0 Å². The topological polar surface area (TPSA) is 91.3 Å². The molecule has 0 aliphatic carbocycles. The Labute approximate surface area is 85.5 Å². The molecule has 84 valence electrons. The van der Waals surface area contributed by atoms with Gasteiger partial charge < -0.3 is 4.89 Å². The zero-order valence-corrected chi connectivity index (χ0v) is 9.71. The van der Waals surface area contributed by atoms with E-state index in [-0.39, 0.29) is 12.5 Å². The maximum atomic E-state index is 11.5. The molecule has 1 aliphatic heterocycles. The maximum absolute atomic E-state index is 11.5. The first-order chi connectivity index (χ1) is 6.37. The highest BCUT2D eigenvalue weighted by Gasteiger charge is 2.46. The van der Waals surface area contributed by atoms with Gasteiger partial charge in [-0.05, 0) is 6.92 Å². The summed E-state index contributed by atoms with van der Waals surface area (Å²) in [4.78, 5) is 8.93. The van der Waals surface area contributed by atoms with Crippen molar-refractivity contribution in [2.45, 2.75) is 13.2 Å². The number of hydrogen-bond donors (Lipinski definition) is 1. The predicted molar refractivity (Wildman–Crippen MR) is 46.8 cm³/mol. The molecule has 1 heterocycles. The molecule has 3 unspecified atom stereocenters. The van der Waals surface area contributed by atoms with Crippen molar-refractivity contribution >= 4 is 27.2 Å². The van der Waals surface area contributed by atoms with Crippen LogP contribution in [-0.4, -0.2) is 23.7 Å². The highest BCUT2D eigenvalue weighted by Crippen LogP contribution is 2.68. The van der Waals surface area contributed by atoms with Crippen LogP contribution in [0.1, 0.15) is 6.92 Å². The first-order valence-electron chi connectivity index (χ1n) is 3.58. The van der Waals surface area contributed by atoms with Gasteiger partial charge in [-0.15, -0.1) is 11.6 Å². The van der Waals surface area contributed by atoms with Crippen molar-refractivity contribution in [2.75, 3.05) is 12.5 Å². The fourth-order valence-electron chi connectivity index (χ4n) is 0.754. The van der Waals surface area contributed by atoms with Gasteiger partial charge in [0.15, 0.2) is 6.29 Å². The van der Waals surface area contributed by atoms with Gasteiger partial charge in [0.05, 0.1) is 6.61 Å². The smallest absolute Gasteiger partial charge is 0.302 e. The van der Waals surface area contributed by atoms with Gasteiger partial charge in [0.1, 0.15) is 0 Å². The number of halogens is 1. The molecule has 0 aromatic rings. The Morgan fingerprint density at radius 2 is 2.14 bits per heavy atom. The van der Waals surface area contributed by atoms with E-state index >= 15 is 0 Å². The number of phosphoric ester groups is 2. The molecule has 10 heteroatoms. The average Bonchev–Trinajstić information content (AvgIpc) is 1.96. The Bertz CT molecular complexity index is 293. The van der Waals surface area contributed by atoms with Gasteiger partial charge in [-0.1, -0.05) is 0 Å². The molecule has 14 heavy (non-hydrogen) atoms. The summed E-state index contributed by atoms with van der Waals surface area (Å²) >= 11 is 5.27. The Morgan fingerprint density at radius 3 is 2.64 bits per heavy atom. The largest absolute Gasteiger partial charge is 0.486 e. The minimum absolute atomic E-state index is 0.0572. The van der Waals surface area contributed by atoms with Crippen molar-refractivity contribution in [1.29, 1.82) is 0 Å². The summed E-state index contributed by atoms with van der Waals surface area (Å²) in [6.45, 7) is 1.17. The fourth-order valence-corrected chi connectivity index (χ4v) is 3.71. The summed E-state index contributed by atoms with van der Waals surface area (Å²) in [7, 11) is -8.39. The van der Waals surface area contributed by atoms with Crippen molar-refractivity contribution in [3.63, 3.8) is 0 Å². The standard InChI is InChI=1S/C4H9ClO7P2/c1-4-10-13(6,7)12-14(8,11-4)9-3-2-5/h4H,2-3H2,1H3,(H,6,7). The van der Waals surface area contributed by atoms with Crippen LogP contribution in [0, 0.1) is 0 Å². The van der Waals surface area contributed by atoms with E-state index in [1.807, 2.05) is 0 Å². The molecule has 1 aliphatic rings. The van der Waals surface area contributed by atoms with E-state index in [9.17, 15) is 9.13 Å². The maximum Gasteiger partial charge on any atom is 0.486 e. The molecule has 0 radical (unpaired) electrons. The summed E-state index contributed by atoms with van der Waals surface area (Å²) in [6.07, 6.45) is -1.14. The fraction of sp³-hybridized carbons (Fsp3) is 1.00. The number of phosphoric acid groups is 2. The van der Waals surface area contributed by atoms with E-state index in [0.717, 1.165) is 0 Å². The predicted octanol–water partition coefficient (Wildman–Crippen LogP) is 1.86. The van der Waals surface area contributed by atoms with Gasteiger partial charge in [0.25, 0.3) is 0 Å². The zero-order valence-electron chi connectivity index (χ0n) is 7.16. The first kappa shape index (κ1) is 12.6. The molecule has 1 rings (SSSR count). The van der Waals surface area contributed by atoms with Crippen LogP contribution < -0.4 is 0 Å².